The van der Waals surface area contributed by atoms with Crippen molar-refractivity contribution in [3.63, 3.8) is 0 Å². The summed E-state index contributed by atoms with van der Waals surface area (Å²) in [5.41, 5.74) is 0.263. The molecule has 0 spiro atoms. The number of nitrogens with zero attached hydrogens (tertiary/aromatic N) is 2. The third-order valence-corrected chi connectivity index (χ3v) is 2.71. The number of pyridine rings is 1. The first kappa shape index (κ1) is 10.4. The van der Waals surface area contributed by atoms with Gasteiger partial charge in [-0.1, -0.05) is 11.6 Å². The second kappa shape index (κ2) is 4.14. The minimum Gasteiger partial charge on any atom is -0.339 e. The maximum Gasteiger partial charge on any atom is 0.255 e. The van der Waals surface area contributed by atoms with Gasteiger partial charge in [0.2, 0.25) is 0 Å². The Hall–Kier alpha value is -1.16. The molecule has 1 fully saturated rings. The molecule has 1 aromatic heterocycles. The molecule has 1 aliphatic rings. The van der Waals surface area contributed by atoms with Crippen molar-refractivity contribution in [1.82, 2.24) is 9.88 Å². The Kier molecular flexibility index (Phi) is 2.86. The summed E-state index contributed by atoms with van der Waals surface area (Å²) in [7, 11) is 0. The summed E-state index contributed by atoms with van der Waals surface area (Å²) in [5.74, 6) is -0.822. The van der Waals surface area contributed by atoms with E-state index < -0.39 is 5.82 Å². The Morgan fingerprint density at radius 1 is 1.47 bits per heavy atom. The van der Waals surface area contributed by atoms with Gasteiger partial charge in [0.25, 0.3) is 5.91 Å². The van der Waals surface area contributed by atoms with Gasteiger partial charge in [0.1, 0.15) is 0 Å². The lowest BCUT2D eigenvalue weighted by Gasteiger charge is -2.14. The number of hydrogen-bond donors (Lipinski definition) is 0. The molecule has 0 atom stereocenters. The van der Waals surface area contributed by atoms with Crippen molar-refractivity contribution in [3.05, 3.63) is 28.8 Å². The van der Waals surface area contributed by atoms with Crippen LogP contribution in [0.15, 0.2) is 12.3 Å². The summed E-state index contributed by atoms with van der Waals surface area (Å²) in [6.45, 7) is 1.48. The van der Waals surface area contributed by atoms with E-state index in [9.17, 15) is 9.18 Å². The molecule has 1 aromatic rings. The first-order valence-corrected chi connectivity index (χ1v) is 5.16. The predicted molar refractivity (Wildman–Crippen MR) is 54.3 cm³/mol. The molecule has 0 saturated carbocycles. The standard InChI is InChI=1S/C10H10ClFN2O/c11-9-8(12)5-7(6-13-9)10(15)14-3-1-2-4-14/h5-6H,1-4H2. The van der Waals surface area contributed by atoms with Crippen LogP contribution in [0.1, 0.15) is 23.2 Å². The monoisotopic (exact) mass is 228 g/mol. The zero-order valence-corrected chi connectivity index (χ0v) is 8.80. The van der Waals surface area contributed by atoms with Crippen molar-refractivity contribution in [1.29, 1.82) is 0 Å². The summed E-state index contributed by atoms with van der Waals surface area (Å²) in [5, 5.41) is -0.201. The SMILES string of the molecule is O=C(c1cnc(Cl)c(F)c1)N1CCCC1. The molecule has 0 unspecified atom stereocenters. The number of rotatable bonds is 1. The molecule has 1 aliphatic heterocycles. The zero-order chi connectivity index (χ0) is 10.8. The van der Waals surface area contributed by atoms with Gasteiger partial charge in [0.05, 0.1) is 5.56 Å². The molecule has 0 radical (unpaired) electrons. The number of halogens is 2. The highest BCUT2D eigenvalue weighted by atomic mass is 35.5. The predicted octanol–water partition coefficient (Wildman–Crippen LogP) is 2.11. The number of carbonyl (C=O) groups is 1. The van der Waals surface area contributed by atoms with E-state index in [0.717, 1.165) is 32.0 Å². The van der Waals surface area contributed by atoms with Crippen molar-refractivity contribution in [2.75, 3.05) is 13.1 Å². The van der Waals surface area contributed by atoms with Gasteiger partial charge >= 0.3 is 0 Å². The molecule has 80 valence electrons. The lowest BCUT2D eigenvalue weighted by molar-refractivity contribution is 0.0792. The topological polar surface area (TPSA) is 33.2 Å². The Bertz CT molecular complexity index is 391. The van der Waals surface area contributed by atoms with Gasteiger partial charge in [0, 0.05) is 19.3 Å². The molecule has 2 rings (SSSR count). The average Bonchev–Trinajstić information content (AvgIpc) is 2.74. The molecular weight excluding hydrogens is 219 g/mol. The van der Waals surface area contributed by atoms with Gasteiger partial charge in [-0.15, -0.1) is 0 Å². The van der Waals surface area contributed by atoms with Crippen LogP contribution in [0.3, 0.4) is 0 Å². The van der Waals surface area contributed by atoms with Crippen LogP contribution >= 0.6 is 11.6 Å². The maximum atomic E-state index is 13.1. The molecule has 1 amide bonds. The van der Waals surface area contributed by atoms with E-state index in [1.807, 2.05) is 0 Å². The highest BCUT2D eigenvalue weighted by molar-refractivity contribution is 6.29. The number of hydrogen-bond acceptors (Lipinski definition) is 2. The smallest absolute Gasteiger partial charge is 0.255 e. The highest BCUT2D eigenvalue weighted by Crippen LogP contribution is 2.16. The molecule has 15 heavy (non-hydrogen) atoms. The Morgan fingerprint density at radius 3 is 2.73 bits per heavy atom. The molecule has 2 heterocycles. The average molecular weight is 229 g/mol. The Labute approximate surface area is 91.9 Å². The van der Waals surface area contributed by atoms with Crippen LogP contribution in [-0.2, 0) is 0 Å². The van der Waals surface area contributed by atoms with Crippen LogP contribution in [-0.4, -0.2) is 28.9 Å². The van der Waals surface area contributed by atoms with Crippen LogP contribution in [0.25, 0.3) is 0 Å². The van der Waals surface area contributed by atoms with Crippen LogP contribution in [0.5, 0.6) is 0 Å². The third kappa shape index (κ3) is 2.09. The van der Waals surface area contributed by atoms with Crippen LogP contribution in [0.2, 0.25) is 5.15 Å². The van der Waals surface area contributed by atoms with E-state index in [0.29, 0.717) is 0 Å². The molecule has 0 N–H and O–H groups in total. The van der Waals surface area contributed by atoms with Crippen LogP contribution in [0, 0.1) is 5.82 Å². The Morgan fingerprint density at radius 2 is 2.13 bits per heavy atom. The summed E-state index contributed by atoms with van der Waals surface area (Å²) in [6.07, 6.45) is 3.33. The van der Waals surface area contributed by atoms with E-state index in [2.05, 4.69) is 4.98 Å². The van der Waals surface area contributed by atoms with Gasteiger partial charge < -0.3 is 4.90 Å². The minimum atomic E-state index is -0.651. The fourth-order valence-corrected chi connectivity index (χ4v) is 1.74. The van der Waals surface area contributed by atoms with E-state index in [1.165, 1.54) is 6.20 Å². The molecule has 0 aromatic carbocycles. The normalized spacial score (nSPS) is 15.7. The van der Waals surface area contributed by atoms with E-state index in [4.69, 9.17) is 11.6 Å². The van der Waals surface area contributed by atoms with Gasteiger partial charge in [-0.05, 0) is 18.9 Å². The first-order valence-electron chi connectivity index (χ1n) is 4.79. The lowest BCUT2D eigenvalue weighted by Crippen LogP contribution is -2.27. The summed E-state index contributed by atoms with van der Waals surface area (Å²) in [4.78, 5) is 17.1. The lowest BCUT2D eigenvalue weighted by atomic mass is 10.2. The van der Waals surface area contributed by atoms with Crippen molar-refractivity contribution in [2.45, 2.75) is 12.8 Å². The summed E-state index contributed by atoms with van der Waals surface area (Å²) >= 11 is 5.43. The summed E-state index contributed by atoms with van der Waals surface area (Å²) < 4.78 is 13.1. The fraction of sp³-hybridized carbons (Fsp3) is 0.400. The quantitative estimate of drug-likeness (QED) is 0.690. The Balaban J connectivity index is 2.21. The van der Waals surface area contributed by atoms with Gasteiger partial charge in [0.15, 0.2) is 11.0 Å². The molecule has 3 nitrogen and oxygen atoms in total. The number of likely N-dealkylation sites (tertiary alicyclic amines) is 1. The number of aromatic nitrogens is 1. The van der Waals surface area contributed by atoms with E-state index >= 15 is 0 Å². The molecule has 1 saturated heterocycles. The second-order valence-electron chi connectivity index (χ2n) is 3.50. The van der Waals surface area contributed by atoms with Crippen LogP contribution in [0.4, 0.5) is 4.39 Å². The number of amides is 1. The molecule has 0 aliphatic carbocycles. The molecular formula is C10H10ClFN2O. The van der Waals surface area contributed by atoms with Crippen molar-refractivity contribution in [2.24, 2.45) is 0 Å². The zero-order valence-electron chi connectivity index (χ0n) is 8.04. The number of carbonyl (C=O) groups excluding carboxylic acids is 1. The van der Waals surface area contributed by atoms with E-state index in [1.54, 1.807) is 4.90 Å². The fourth-order valence-electron chi connectivity index (χ4n) is 1.64. The van der Waals surface area contributed by atoms with Crippen molar-refractivity contribution >= 4 is 17.5 Å². The second-order valence-corrected chi connectivity index (χ2v) is 3.85. The summed E-state index contributed by atoms with van der Waals surface area (Å²) in [6, 6.07) is 1.13. The largest absolute Gasteiger partial charge is 0.339 e. The molecule has 5 heteroatoms. The van der Waals surface area contributed by atoms with E-state index in [-0.39, 0.29) is 16.6 Å². The minimum absolute atomic E-state index is 0.171. The highest BCUT2D eigenvalue weighted by Gasteiger charge is 2.20. The van der Waals surface area contributed by atoms with Crippen molar-refractivity contribution in [3.8, 4) is 0 Å². The van der Waals surface area contributed by atoms with Gasteiger partial charge in [-0.3, -0.25) is 4.79 Å². The third-order valence-electron chi connectivity index (χ3n) is 2.44. The molecule has 0 bridgehead atoms. The van der Waals surface area contributed by atoms with Gasteiger partial charge in [-0.25, -0.2) is 9.37 Å². The van der Waals surface area contributed by atoms with Gasteiger partial charge in [-0.2, -0.15) is 0 Å². The first-order chi connectivity index (χ1) is 7.18. The van der Waals surface area contributed by atoms with Crippen molar-refractivity contribution < 1.29 is 9.18 Å². The van der Waals surface area contributed by atoms with Crippen LogP contribution < -0.4 is 0 Å². The maximum absolute atomic E-state index is 13.1.